The topological polar surface area (TPSA) is 105 Å². The van der Waals surface area contributed by atoms with Gasteiger partial charge in [-0.15, -0.1) is 0 Å². The van der Waals surface area contributed by atoms with E-state index in [1.807, 2.05) is 0 Å². The van der Waals surface area contributed by atoms with Gasteiger partial charge in [-0.3, -0.25) is 4.79 Å². The van der Waals surface area contributed by atoms with Crippen LogP contribution in [0.3, 0.4) is 0 Å². The van der Waals surface area contributed by atoms with Gasteiger partial charge in [-0.05, 0) is 49.6 Å². The maximum atomic E-state index is 11.9. The van der Waals surface area contributed by atoms with Crippen molar-refractivity contribution >= 4 is 23.4 Å². The smallest absolute Gasteiger partial charge is 0.254 e. The molecular weight excluding hydrogens is 392 g/mol. The first-order chi connectivity index (χ1) is 15.0. The van der Waals surface area contributed by atoms with Crippen molar-refractivity contribution in [3.05, 3.63) is 35.0 Å². The van der Waals surface area contributed by atoms with Crippen LogP contribution >= 0.6 is 0 Å². The van der Waals surface area contributed by atoms with Crippen LogP contribution in [-0.2, 0) is 13.0 Å². The third-order valence-electron chi connectivity index (χ3n) is 6.22. The van der Waals surface area contributed by atoms with Gasteiger partial charge in [0.15, 0.2) is 0 Å². The molecule has 2 aliphatic rings. The predicted octanol–water partition coefficient (Wildman–Crippen LogP) is 3.45. The third kappa shape index (κ3) is 5.07. The van der Waals surface area contributed by atoms with E-state index in [2.05, 4.69) is 44.7 Å². The molecule has 0 atom stereocenters. The number of hydrogen-bond acceptors (Lipinski definition) is 7. The van der Waals surface area contributed by atoms with Crippen molar-refractivity contribution in [2.75, 3.05) is 31.3 Å². The zero-order chi connectivity index (χ0) is 21.8. The standard InChI is InChI=1S/C23H32N6O2/c1-29-10-9-15-12-20(31-2)19(11-16(15)14-29)27-23-25-13-18(21(24)30)22(28-23)26-17-7-5-3-4-6-8-17/h11-13,17H,3-10,14H2,1-2H3,(H2,24,30)(H2,25,26,27,28). The zero-order valence-electron chi connectivity index (χ0n) is 18.4. The summed E-state index contributed by atoms with van der Waals surface area (Å²) in [6.45, 7) is 1.93. The molecule has 8 heteroatoms. The van der Waals surface area contributed by atoms with Crippen LogP contribution in [0.5, 0.6) is 5.75 Å². The number of rotatable bonds is 6. The van der Waals surface area contributed by atoms with Crippen molar-refractivity contribution in [1.29, 1.82) is 0 Å². The van der Waals surface area contributed by atoms with E-state index < -0.39 is 5.91 Å². The second-order valence-electron chi connectivity index (χ2n) is 8.59. The minimum absolute atomic E-state index is 0.289. The number of anilines is 3. The highest BCUT2D eigenvalue weighted by Gasteiger charge is 2.20. The number of methoxy groups -OCH3 is 1. The number of likely N-dealkylation sites (N-methyl/N-ethyl adjacent to an activating group) is 1. The van der Waals surface area contributed by atoms with E-state index in [-0.39, 0.29) is 6.04 Å². The molecule has 2 aromatic rings. The molecule has 31 heavy (non-hydrogen) atoms. The summed E-state index contributed by atoms with van der Waals surface area (Å²) < 4.78 is 5.62. The van der Waals surface area contributed by atoms with E-state index in [9.17, 15) is 4.79 Å². The first kappa shape index (κ1) is 21.4. The molecule has 0 bridgehead atoms. The lowest BCUT2D eigenvalue weighted by Crippen LogP contribution is -2.26. The Kier molecular flexibility index (Phi) is 6.56. The number of primary amides is 1. The van der Waals surface area contributed by atoms with Crippen LogP contribution in [0.1, 0.15) is 60.0 Å². The highest BCUT2D eigenvalue weighted by molar-refractivity contribution is 5.97. The summed E-state index contributed by atoms with van der Waals surface area (Å²) >= 11 is 0. The highest BCUT2D eigenvalue weighted by Crippen LogP contribution is 2.33. The molecule has 0 spiro atoms. The van der Waals surface area contributed by atoms with Gasteiger partial charge in [-0.25, -0.2) is 4.98 Å². The molecule has 8 nitrogen and oxygen atoms in total. The Labute approximate surface area is 183 Å². The number of aromatic nitrogens is 2. The van der Waals surface area contributed by atoms with Crippen molar-refractivity contribution in [1.82, 2.24) is 14.9 Å². The number of fused-ring (bicyclic) bond motifs is 1. The maximum absolute atomic E-state index is 11.9. The number of carbonyl (C=O) groups is 1. The average molecular weight is 425 g/mol. The van der Waals surface area contributed by atoms with Gasteiger partial charge in [0.2, 0.25) is 5.95 Å². The second kappa shape index (κ2) is 9.51. The van der Waals surface area contributed by atoms with E-state index in [4.69, 9.17) is 10.5 Å². The number of carbonyl (C=O) groups excluding carboxylic acids is 1. The molecule has 1 saturated carbocycles. The van der Waals surface area contributed by atoms with E-state index in [0.29, 0.717) is 17.3 Å². The molecule has 2 heterocycles. The Bertz CT molecular complexity index is 940. The predicted molar refractivity (Wildman–Crippen MR) is 122 cm³/mol. The maximum Gasteiger partial charge on any atom is 0.254 e. The van der Waals surface area contributed by atoms with Crippen molar-refractivity contribution < 1.29 is 9.53 Å². The molecule has 4 rings (SSSR count). The van der Waals surface area contributed by atoms with Gasteiger partial charge < -0.3 is 26.0 Å². The number of benzene rings is 1. The molecule has 0 radical (unpaired) electrons. The fourth-order valence-electron chi connectivity index (χ4n) is 4.46. The van der Waals surface area contributed by atoms with Crippen molar-refractivity contribution in [3.8, 4) is 5.75 Å². The summed E-state index contributed by atoms with van der Waals surface area (Å²) in [5.74, 6) is 1.12. The summed E-state index contributed by atoms with van der Waals surface area (Å²) in [6, 6.07) is 4.48. The number of amides is 1. The van der Waals surface area contributed by atoms with Gasteiger partial charge in [-0.1, -0.05) is 25.7 Å². The molecule has 1 amide bonds. The number of nitrogens with two attached hydrogens (primary N) is 1. The number of nitrogens with zero attached hydrogens (tertiary/aromatic N) is 3. The van der Waals surface area contributed by atoms with E-state index in [0.717, 1.165) is 43.8 Å². The van der Waals surface area contributed by atoms with Crippen LogP contribution in [0.15, 0.2) is 18.3 Å². The number of ether oxygens (including phenoxy) is 1. The molecule has 1 aromatic carbocycles. The summed E-state index contributed by atoms with van der Waals surface area (Å²) in [5.41, 5.74) is 9.28. The summed E-state index contributed by atoms with van der Waals surface area (Å²) in [7, 11) is 3.79. The Morgan fingerprint density at radius 3 is 2.68 bits per heavy atom. The minimum Gasteiger partial charge on any atom is -0.495 e. The number of hydrogen-bond donors (Lipinski definition) is 3. The molecule has 1 aliphatic heterocycles. The molecular formula is C23H32N6O2. The minimum atomic E-state index is -0.530. The van der Waals surface area contributed by atoms with Crippen LogP contribution in [0.4, 0.5) is 17.5 Å². The van der Waals surface area contributed by atoms with E-state index >= 15 is 0 Å². The Morgan fingerprint density at radius 1 is 1.19 bits per heavy atom. The molecule has 166 valence electrons. The van der Waals surface area contributed by atoms with Crippen LogP contribution < -0.4 is 21.1 Å². The fraction of sp³-hybridized carbons (Fsp3) is 0.522. The Balaban J connectivity index is 1.61. The molecule has 1 aliphatic carbocycles. The molecule has 0 unspecified atom stereocenters. The molecule has 0 saturated heterocycles. The van der Waals surface area contributed by atoms with Crippen LogP contribution in [0.2, 0.25) is 0 Å². The first-order valence-corrected chi connectivity index (χ1v) is 11.1. The summed E-state index contributed by atoms with van der Waals surface area (Å²) in [5, 5.41) is 6.74. The third-order valence-corrected chi connectivity index (χ3v) is 6.22. The lowest BCUT2D eigenvalue weighted by molar-refractivity contribution is 0.100. The quantitative estimate of drug-likeness (QED) is 0.610. The van der Waals surface area contributed by atoms with Crippen molar-refractivity contribution in [2.24, 2.45) is 5.73 Å². The SMILES string of the molecule is COc1cc2c(cc1Nc1ncc(C(N)=O)c(NC3CCCCCC3)n1)CN(C)CC2. The summed E-state index contributed by atoms with van der Waals surface area (Å²) in [4.78, 5) is 23.2. The Hall–Kier alpha value is -2.87. The van der Waals surface area contributed by atoms with Crippen molar-refractivity contribution in [2.45, 2.75) is 57.5 Å². The van der Waals surface area contributed by atoms with Crippen LogP contribution in [0, 0.1) is 0 Å². The molecule has 1 fully saturated rings. The normalized spacial score (nSPS) is 17.5. The summed E-state index contributed by atoms with van der Waals surface area (Å²) in [6.07, 6.45) is 9.50. The highest BCUT2D eigenvalue weighted by atomic mass is 16.5. The molecule has 4 N–H and O–H groups in total. The lowest BCUT2D eigenvalue weighted by atomic mass is 9.99. The van der Waals surface area contributed by atoms with Gasteiger partial charge in [-0.2, -0.15) is 4.98 Å². The number of nitrogens with one attached hydrogen (secondary N) is 2. The Morgan fingerprint density at radius 2 is 1.97 bits per heavy atom. The van der Waals surface area contributed by atoms with Gasteiger partial charge in [0.1, 0.15) is 11.6 Å². The van der Waals surface area contributed by atoms with E-state index in [1.54, 1.807) is 7.11 Å². The van der Waals surface area contributed by atoms with Crippen LogP contribution in [-0.4, -0.2) is 47.5 Å². The van der Waals surface area contributed by atoms with Gasteiger partial charge in [0.05, 0.1) is 18.4 Å². The lowest BCUT2D eigenvalue weighted by Gasteiger charge is -2.26. The van der Waals surface area contributed by atoms with E-state index in [1.165, 1.54) is 43.0 Å². The van der Waals surface area contributed by atoms with Gasteiger partial charge >= 0.3 is 0 Å². The first-order valence-electron chi connectivity index (χ1n) is 11.1. The van der Waals surface area contributed by atoms with Gasteiger partial charge in [0.25, 0.3) is 5.91 Å². The average Bonchev–Trinajstić information content (AvgIpc) is 3.02. The monoisotopic (exact) mass is 424 g/mol. The fourth-order valence-corrected chi connectivity index (χ4v) is 4.46. The van der Waals surface area contributed by atoms with Crippen LogP contribution in [0.25, 0.3) is 0 Å². The second-order valence-corrected chi connectivity index (χ2v) is 8.59. The van der Waals surface area contributed by atoms with Crippen molar-refractivity contribution in [3.63, 3.8) is 0 Å². The largest absolute Gasteiger partial charge is 0.495 e. The molecule has 1 aromatic heterocycles. The zero-order valence-corrected chi connectivity index (χ0v) is 18.4. The van der Waals surface area contributed by atoms with Gasteiger partial charge in [0, 0.05) is 25.3 Å².